The normalized spacial score (nSPS) is 22.2. The van der Waals surface area contributed by atoms with E-state index in [-0.39, 0.29) is 0 Å². The van der Waals surface area contributed by atoms with Gasteiger partial charge < -0.3 is 4.90 Å². The van der Waals surface area contributed by atoms with E-state index in [1.165, 1.54) is 36.1 Å². The largest absolute Gasteiger partial charge is 0.369 e. The van der Waals surface area contributed by atoms with Crippen molar-refractivity contribution < 1.29 is 0 Å². The predicted molar refractivity (Wildman–Crippen MR) is 129 cm³/mol. The van der Waals surface area contributed by atoms with Crippen LogP contribution in [0.4, 0.5) is 5.69 Å². The van der Waals surface area contributed by atoms with Crippen molar-refractivity contribution >= 4 is 28.9 Å². The number of piperazine rings is 1. The Morgan fingerprint density at radius 2 is 1.58 bits per heavy atom. The van der Waals surface area contributed by atoms with E-state index < -0.39 is 0 Å². The highest BCUT2D eigenvalue weighted by Gasteiger charge is 2.32. The maximum atomic E-state index is 6.21. The summed E-state index contributed by atoms with van der Waals surface area (Å²) in [5, 5.41) is 6.15. The topological polar surface area (TPSA) is 24.3 Å². The fourth-order valence-corrected chi connectivity index (χ4v) is 5.25. The molecule has 2 aliphatic rings. The molecule has 2 aromatic carbocycles. The average Bonchev–Trinajstić information content (AvgIpc) is 3.46. The van der Waals surface area contributed by atoms with Gasteiger partial charge in [-0.3, -0.25) is 9.58 Å². The molecule has 5 rings (SSSR count). The van der Waals surface area contributed by atoms with Crippen LogP contribution in [0.15, 0.2) is 54.7 Å². The van der Waals surface area contributed by atoms with Crippen LogP contribution in [0.5, 0.6) is 0 Å². The van der Waals surface area contributed by atoms with Gasteiger partial charge in [0, 0.05) is 49.7 Å². The van der Waals surface area contributed by atoms with Crippen LogP contribution in [0.25, 0.3) is 11.3 Å². The van der Waals surface area contributed by atoms with E-state index in [9.17, 15) is 0 Å². The molecule has 6 heteroatoms. The molecule has 2 atom stereocenters. The van der Waals surface area contributed by atoms with E-state index in [1.807, 2.05) is 12.1 Å². The van der Waals surface area contributed by atoms with E-state index in [0.29, 0.717) is 22.1 Å². The standard InChI is InChI=1S/C25H28Cl2N4/c1-18-2-4-19(5-3-18)25-10-11-31(28-25)22-7-6-20(16-22)29-12-14-30(15-13-29)21-8-9-23(26)24(27)17-21/h2-5,8-11,17,20,22H,6-7,12-16H2,1H3/t20-,22-/m0/s1. The van der Waals surface area contributed by atoms with Gasteiger partial charge in [-0.05, 0) is 50.5 Å². The zero-order valence-electron chi connectivity index (χ0n) is 17.8. The summed E-state index contributed by atoms with van der Waals surface area (Å²) in [5.74, 6) is 0. The van der Waals surface area contributed by atoms with Gasteiger partial charge in [0.15, 0.2) is 0 Å². The maximum Gasteiger partial charge on any atom is 0.0923 e. The monoisotopic (exact) mass is 454 g/mol. The molecule has 1 aromatic heterocycles. The molecule has 3 aromatic rings. The third-order valence-electron chi connectivity index (χ3n) is 6.81. The van der Waals surface area contributed by atoms with Crippen LogP contribution >= 0.6 is 23.2 Å². The number of anilines is 1. The third-order valence-corrected chi connectivity index (χ3v) is 7.55. The number of hydrogen-bond donors (Lipinski definition) is 0. The van der Waals surface area contributed by atoms with Crippen LogP contribution in [-0.4, -0.2) is 46.9 Å². The Hall–Kier alpha value is -2.01. The highest BCUT2D eigenvalue weighted by Crippen LogP contribution is 2.35. The first-order valence-electron chi connectivity index (χ1n) is 11.1. The van der Waals surface area contributed by atoms with E-state index in [1.54, 1.807) is 0 Å². The summed E-state index contributed by atoms with van der Waals surface area (Å²) in [7, 11) is 0. The summed E-state index contributed by atoms with van der Waals surface area (Å²) >= 11 is 12.3. The lowest BCUT2D eigenvalue weighted by molar-refractivity contribution is 0.183. The van der Waals surface area contributed by atoms with Gasteiger partial charge in [0.05, 0.1) is 21.8 Å². The molecule has 0 N–H and O–H groups in total. The molecule has 1 aliphatic carbocycles. The molecule has 2 heterocycles. The van der Waals surface area contributed by atoms with Gasteiger partial charge in [-0.25, -0.2) is 0 Å². The smallest absolute Gasteiger partial charge is 0.0923 e. The van der Waals surface area contributed by atoms with Crippen molar-refractivity contribution in [1.29, 1.82) is 0 Å². The summed E-state index contributed by atoms with van der Waals surface area (Å²) in [4.78, 5) is 5.07. The first-order valence-corrected chi connectivity index (χ1v) is 11.9. The molecular weight excluding hydrogens is 427 g/mol. The van der Waals surface area contributed by atoms with Crippen LogP contribution in [0.3, 0.4) is 0 Å². The summed E-state index contributed by atoms with van der Waals surface area (Å²) < 4.78 is 2.20. The molecule has 4 nitrogen and oxygen atoms in total. The molecule has 0 unspecified atom stereocenters. The first kappa shape index (κ1) is 20.9. The van der Waals surface area contributed by atoms with Gasteiger partial charge in [-0.1, -0.05) is 53.0 Å². The van der Waals surface area contributed by atoms with Gasteiger partial charge in [0.25, 0.3) is 0 Å². The highest BCUT2D eigenvalue weighted by atomic mass is 35.5. The summed E-state index contributed by atoms with van der Waals surface area (Å²) in [6.45, 7) is 6.35. The van der Waals surface area contributed by atoms with Gasteiger partial charge in [0.1, 0.15) is 0 Å². The molecule has 0 amide bonds. The SMILES string of the molecule is Cc1ccc(-c2ccn([C@H]3CC[C@H](N4CCN(c5ccc(Cl)c(Cl)c5)CC4)C3)n2)cc1. The Balaban J connectivity index is 1.18. The summed E-state index contributed by atoms with van der Waals surface area (Å²) in [6, 6.07) is 17.9. The Morgan fingerprint density at radius 3 is 2.32 bits per heavy atom. The van der Waals surface area contributed by atoms with Gasteiger partial charge in [-0.2, -0.15) is 5.10 Å². The molecule has 0 bridgehead atoms. The van der Waals surface area contributed by atoms with Crippen molar-refractivity contribution in [1.82, 2.24) is 14.7 Å². The van der Waals surface area contributed by atoms with Crippen LogP contribution in [0, 0.1) is 6.92 Å². The number of halogens is 2. The maximum absolute atomic E-state index is 6.21. The molecule has 0 radical (unpaired) electrons. The van der Waals surface area contributed by atoms with E-state index >= 15 is 0 Å². The number of nitrogens with zero attached hydrogens (tertiary/aromatic N) is 4. The van der Waals surface area contributed by atoms with Gasteiger partial charge >= 0.3 is 0 Å². The van der Waals surface area contributed by atoms with Gasteiger partial charge in [-0.15, -0.1) is 0 Å². The summed E-state index contributed by atoms with van der Waals surface area (Å²) in [5.41, 5.74) is 4.70. The predicted octanol–water partition coefficient (Wildman–Crippen LogP) is 6.08. The van der Waals surface area contributed by atoms with Crippen LogP contribution in [-0.2, 0) is 0 Å². The quantitative estimate of drug-likeness (QED) is 0.477. The number of rotatable bonds is 4. The number of hydrogen-bond acceptors (Lipinski definition) is 3. The van der Waals surface area contributed by atoms with Crippen molar-refractivity contribution in [2.75, 3.05) is 31.1 Å². The Labute approximate surface area is 194 Å². The number of aromatic nitrogens is 2. The van der Waals surface area contributed by atoms with Crippen molar-refractivity contribution in [3.05, 3.63) is 70.3 Å². The minimum atomic E-state index is 0.497. The zero-order chi connectivity index (χ0) is 21.4. The molecule has 1 saturated carbocycles. The summed E-state index contributed by atoms with van der Waals surface area (Å²) in [6.07, 6.45) is 5.79. The molecule has 1 aliphatic heterocycles. The zero-order valence-corrected chi connectivity index (χ0v) is 19.4. The van der Waals surface area contributed by atoms with Crippen molar-refractivity contribution in [3.63, 3.8) is 0 Å². The average molecular weight is 455 g/mol. The Morgan fingerprint density at radius 1 is 0.839 bits per heavy atom. The lowest BCUT2D eigenvalue weighted by Crippen LogP contribution is -2.49. The Bertz CT molecular complexity index is 1040. The first-order chi connectivity index (χ1) is 15.1. The van der Waals surface area contributed by atoms with Gasteiger partial charge in [0.2, 0.25) is 0 Å². The van der Waals surface area contributed by atoms with Crippen LogP contribution in [0.1, 0.15) is 30.9 Å². The van der Waals surface area contributed by atoms with Crippen LogP contribution < -0.4 is 4.90 Å². The van der Waals surface area contributed by atoms with E-state index in [4.69, 9.17) is 28.3 Å². The molecule has 162 valence electrons. The highest BCUT2D eigenvalue weighted by molar-refractivity contribution is 6.42. The molecular formula is C25H28Cl2N4. The lowest BCUT2D eigenvalue weighted by Gasteiger charge is -2.39. The van der Waals surface area contributed by atoms with Crippen LogP contribution in [0.2, 0.25) is 10.0 Å². The van der Waals surface area contributed by atoms with Crippen molar-refractivity contribution in [2.24, 2.45) is 0 Å². The van der Waals surface area contributed by atoms with E-state index in [2.05, 4.69) is 64.0 Å². The second-order valence-corrected chi connectivity index (χ2v) is 9.60. The fraction of sp³-hybridized carbons (Fsp3) is 0.400. The molecule has 2 fully saturated rings. The van der Waals surface area contributed by atoms with E-state index in [0.717, 1.165) is 31.9 Å². The molecule has 31 heavy (non-hydrogen) atoms. The fourth-order valence-electron chi connectivity index (χ4n) is 4.95. The number of aryl methyl sites for hydroxylation is 1. The third kappa shape index (κ3) is 4.48. The molecule has 0 spiro atoms. The van der Waals surface area contributed by atoms with Crippen molar-refractivity contribution in [3.8, 4) is 11.3 Å². The van der Waals surface area contributed by atoms with Crippen molar-refractivity contribution in [2.45, 2.75) is 38.3 Å². The second-order valence-electron chi connectivity index (χ2n) is 8.79. The Kier molecular flexibility index (Phi) is 5.96. The minimum Gasteiger partial charge on any atom is -0.369 e. The number of benzene rings is 2. The molecule has 1 saturated heterocycles. The lowest BCUT2D eigenvalue weighted by atomic mass is 10.1. The second kappa shape index (κ2) is 8.85. The minimum absolute atomic E-state index is 0.497.